The number of carbonyl (C=O) groups excluding carboxylic acids is 1. The molecule has 3 fully saturated rings. The summed E-state index contributed by atoms with van der Waals surface area (Å²) >= 11 is 0. The third-order valence-corrected chi connectivity index (χ3v) is 5.97. The van der Waals surface area contributed by atoms with Crippen LogP contribution in [0.1, 0.15) is 52.4 Å². The summed E-state index contributed by atoms with van der Waals surface area (Å²) in [6.07, 6.45) is 7.00. The molecule has 1 amide bonds. The molecule has 23 heavy (non-hydrogen) atoms. The van der Waals surface area contributed by atoms with Gasteiger partial charge in [0.2, 0.25) is 0 Å². The molecule has 0 bridgehead atoms. The van der Waals surface area contributed by atoms with E-state index >= 15 is 0 Å². The zero-order valence-electron chi connectivity index (χ0n) is 14.7. The Bertz CT molecular complexity index is 403. The number of ether oxygens (including phenoxy) is 2. The highest BCUT2D eigenvalue weighted by atomic mass is 16.5. The molecule has 1 N–H and O–H groups in total. The second-order valence-electron chi connectivity index (χ2n) is 7.23. The van der Waals surface area contributed by atoms with Crippen molar-refractivity contribution < 1.29 is 14.3 Å². The maximum absolute atomic E-state index is 13.0. The van der Waals surface area contributed by atoms with E-state index in [1.807, 2.05) is 0 Å². The topological polar surface area (TPSA) is 50.8 Å². The fourth-order valence-corrected chi connectivity index (χ4v) is 4.86. The Morgan fingerprint density at radius 3 is 2.74 bits per heavy atom. The van der Waals surface area contributed by atoms with Crippen molar-refractivity contribution in [2.75, 3.05) is 32.8 Å². The van der Waals surface area contributed by atoms with Crippen molar-refractivity contribution in [1.82, 2.24) is 10.2 Å². The van der Waals surface area contributed by atoms with Crippen LogP contribution in [0.25, 0.3) is 0 Å². The maximum Gasteiger partial charge on any atom is 0.253 e. The van der Waals surface area contributed by atoms with Gasteiger partial charge in [-0.15, -0.1) is 0 Å². The SMILES string of the molecule is CCCN(C(=O)C1CNCCO1)C1CC(OCC)C12CCCC2. The van der Waals surface area contributed by atoms with Crippen molar-refractivity contribution >= 4 is 5.91 Å². The van der Waals surface area contributed by atoms with E-state index in [1.165, 1.54) is 25.7 Å². The lowest BCUT2D eigenvalue weighted by Gasteiger charge is -2.58. The van der Waals surface area contributed by atoms with Gasteiger partial charge in [0.15, 0.2) is 0 Å². The van der Waals surface area contributed by atoms with Gasteiger partial charge >= 0.3 is 0 Å². The number of nitrogens with one attached hydrogen (secondary N) is 1. The third kappa shape index (κ3) is 3.15. The minimum absolute atomic E-state index is 0.185. The molecule has 1 heterocycles. The molecule has 1 saturated heterocycles. The van der Waals surface area contributed by atoms with Crippen LogP contribution in [-0.2, 0) is 14.3 Å². The van der Waals surface area contributed by atoms with Crippen LogP contribution in [0.4, 0.5) is 0 Å². The molecule has 0 aromatic heterocycles. The van der Waals surface area contributed by atoms with Crippen LogP contribution >= 0.6 is 0 Å². The Morgan fingerprint density at radius 2 is 2.13 bits per heavy atom. The van der Waals surface area contributed by atoms with Crippen molar-refractivity contribution in [1.29, 1.82) is 0 Å². The van der Waals surface area contributed by atoms with Gasteiger partial charge in [0, 0.05) is 37.7 Å². The number of carbonyl (C=O) groups is 1. The van der Waals surface area contributed by atoms with Crippen LogP contribution in [0.15, 0.2) is 0 Å². The predicted molar refractivity (Wildman–Crippen MR) is 89.3 cm³/mol. The van der Waals surface area contributed by atoms with Crippen molar-refractivity contribution in [3.8, 4) is 0 Å². The van der Waals surface area contributed by atoms with Gasteiger partial charge in [-0.2, -0.15) is 0 Å². The molecule has 3 rings (SSSR count). The number of hydrogen-bond acceptors (Lipinski definition) is 4. The Labute approximate surface area is 140 Å². The molecule has 0 aromatic rings. The van der Waals surface area contributed by atoms with Gasteiger partial charge in [-0.25, -0.2) is 0 Å². The van der Waals surface area contributed by atoms with Crippen LogP contribution in [0.2, 0.25) is 0 Å². The van der Waals surface area contributed by atoms with Gasteiger partial charge in [-0.05, 0) is 32.6 Å². The van der Waals surface area contributed by atoms with Gasteiger partial charge in [-0.1, -0.05) is 19.8 Å². The first-order valence-corrected chi connectivity index (χ1v) is 9.47. The van der Waals surface area contributed by atoms with Crippen molar-refractivity contribution in [2.24, 2.45) is 5.41 Å². The monoisotopic (exact) mass is 324 g/mol. The highest BCUT2D eigenvalue weighted by molar-refractivity contribution is 5.82. The molecule has 3 aliphatic rings. The van der Waals surface area contributed by atoms with Gasteiger partial charge in [0.1, 0.15) is 6.10 Å². The number of amides is 1. The van der Waals surface area contributed by atoms with E-state index in [4.69, 9.17) is 9.47 Å². The van der Waals surface area contributed by atoms with Crippen molar-refractivity contribution in [3.05, 3.63) is 0 Å². The summed E-state index contributed by atoms with van der Waals surface area (Å²) in [6.45, 7) is 7.96. The highest BCUT2D eigenvalue weighted by Gasteiger charge is 2.59. The molecule has 1 aliphatic heterocycles. The standard InChI is InChI=1S/C18H32N2O3/c1-3-10-20(17(21)14-13-19-9-11-23-14)15-12-16(22-4-2)18(15)7-5-6-8-18/h14-16,19H,3-13H2,1-2H3. The van der Waals surface area contributed by atoms with Crippen LogP contribution < -0.4 is 5.32 Å². The lowest BCUT2D eigenvalue weighted by molar-refractivity contribution is -0.183. The first kappa shape index (κ1) is 17.2. The summed E-state index contributed by atoms with van der Waals surface area (Å²) in [5.74, 6) is 0.185. The van der Waals surface area contributed by atoms with E-state index in [0.29, 0.717) is 25.3 Å². The van der Waals surface area contributed by atoms with Crippen LogP contribution in [0.5, 0.6) is 0 Å². The summed E-state index contributed by atoms with van der Waals surface area (Å²) in [4.78, 5) is 15.2. The van der Waals surface area contributed by atoms with Crippen molar-refractivity contribution in [3.63, 3.8) is 0 Å². The molecule has 3 atom stereocenters. The first-order valence-electron chi connectivity index (χ1n) is 9.47. The molecule has 2 saturated carbocycles. The molecular weight excluding hydrogens is 292 g/mol. The largest absolute Gasteiger partial charge is 0.378 e. The number of morpholine rings is 1. The predicted octanol–water partition coefficient (Wildman–Crippen LogP) is 1.95. The summed E-state index contributed by atoms with van der Waals surface area (Å²) < 4.78 is 11.7. The second kappa shape index (κ2) is 7.49. The highest BCUT2D eigenvalue weighted by Crippen LogP contribution is 2.56. The molecule has 3 unspecified atom stereocenters. The zero-order chi connectivity index (χ0) is 16.3. The molecule has 2 aliphatic carbocycles. The van der Waals surface area contributed by atoms with E-state index < -0.39 is 0 Å². The Morgan fingerprint density at radius 1 is 1.35 bits per heavy atom. The van der Waals surface area contributed by atoms with Gasteiger partial charge in [0.05, 0.1) is 12.7 Å². The third-order valence-electron chi connectivity index (χ3n) is 5.97. The van der Waals surface area contributed by atoms with Crippen molar-refractivity contribution in [2.45, 2.75) is 70.6 Å². The maximum atomic E-state index is 13.0. The lowest BCUT2D eigenvalue weighted by Crippen LogP contribution is -2.66. The minimum atomic E-state index is -0.306. The summed E-state index contributed by atoms with van der Waals surface area (Å²) in [5, 5.41) is 3.28. The fraction of sp³-hybridized carbons (Fsp3) is 0.944. The molecule has 132 valence electrons. The first-order chi connectivity index (χ1) is 11.2. The molecule has 1 spiro atoms. The summed E-state index contributed by atoms with van der Waals surface area (Å²) in [5.41, 5.74) is 0.211. The van der Waals surface area contributed by atoms with Crippen LogP contribution in [0, 0.1) is 5.41 Å². The normalized spacial score (nSPS) is 32.7. The Hall–Kier alpha value is -0.650. The van der Waals surface area contributed by atoms with E-state index in [2.05, 4.69) is 24.1 Å². The Balaban J connectivity index is 1.73. The lowest BCUT2D eigenvalue weighted by atomic mass is 9.59. The van der Waals surface area contributed by atoms with Gasteiger partial charge in [-0.3, -0.25) is 4.79 Å². The fourth-order valence-electron chi connectivity index (χ4n) is 4.86. The second-order valence-corrected chi connectivity index (χ2v) is 7.23. The molecular formula is C18H32N2O3. The number of hydrogen-bond donors (Lipinski definition) is 1. The van der Waals surface area contributed by atoms with Crippen LogP contribution in [0.3, 0.4) is 0 Å². The van der Waals surface area contributed by atoms with E-state index in [0.717, 1.165) is 32.5 Å². The summed E-state index contributed by atoms with van der Waals surface area (Å²) in [6, 6.07) is 0.347. The van der Waals surface area contributed by atoms with Gasteiger partial charge in [0.25, 0.3) is 5.91 Å². The minimum Gasteiger partial charge on any atom is -0.378 e. The average molecular weight is 324 g/mol. The van der Waals surface area contributed by atoms with E-state index in [9.17, 15) is 4.79 Å². The number of nitrogens with zero attached hydrogens (tertiary/aromatic N) is 1. The molecule has 5 nitrogen and oxygen atoms in total. The zero-order valence-corrected chi connectivity index (χ0v) is 14.7. The van der Waals surface area contributed by atoms with Crippen LogP contribution in [-0.4, -0.2) is 61.9 Å². The Kier molecular flexibility index (Phi) is 5.60. The smallest absolute Gasteiger partial charge is 0.253 e. The quantitative estimate of drug-likeness (QED) is 0.811. The summed E-state index contributed by atoms with van der Waals surface area (Å²) in [7, 11) is 0. The van der Waals surface area contributed by atoms with E-state index in [1.54, 1.807) is 0 Å². The molecule has 0 aromatic carbocycles. The average Bonchev–Trinajstić information content (AvgIpc) is 3.10. The number of rotatable bonds is 6. The van der Waals surface area contributed by atoms with Gasteiger partial charge < -0.3 is 19.7 Å². The molecule has 0 radical (unpaired) electrons. The van der Waals surface area contributed by atoms with E-state index in [-0.39, 0.29) is 17.4 Å². The molecule has 5 heteroatoms.